The average Bonchev–Trinajstić information content (AvgIpc) is 2.30. The van der Waals surface area contributed by atoms with Crippen molar-refractivity contribution in [3.8, 4) is 17.2 Å². The Morgan fingerprint density at radius 2 is 1.25 bits per heavy atom. The first-order chi connectivity index (χ1) is 10.5. The molecule has 0 saturated heterocycles. The summed E-state index contributed by atoms with van der Waals surface area (Å²) in [5.41, 5.74) is 0. The van der Waals surface area contributed by atoms with Crippen LogP contribution in [0.4, 0.5) is 0 Å². The molecule has 3 nitrogen and oxygen atoms in total. The van der Waals surface area contributed by atoms with Gasteiger partial charge in [0.15, 0.2) is 11.5 Å². The number of aromatic hydroxyl groups is 1. The van der Waals surface area contributed by atoms with Gasteiger partial charge in [-0.1, -0.05) is 53.1 Å². The largest absolute Gasteiger partial charge is 0.541 e. The van der Waals surface area contributed by atoms with Crippen molar-refractivity contribution in [1.82, 2.24) is 0 Å². The van der Waals surface area contributed by atoms with Crippen molar-refractivity contribution in [1.29, 1.82) is 0 Å². The molecular formula is C18H33ClO3Si2. The summed E-state index contributed by atoms with van der Waals surface area (Å²) in [5, 5.41) is 10.5. The van der Waals surface area contributed by atoms with E-state index in [0.717, 1.165) is 0 Å². The van der Waals surface area contributed by atoms with E-state index < -0.39 is 16.6 Å². The Balaban J connectivity index is 3.37. The van der Waals surface area contributed by atoms with Gasteiger partial charge < -0.3 is 14.0 Å². The molecule has 138 valence electrons. The maximum atomic E-state index is 9.98. The maximum absolute atomic E-state index is 9.98. The summed E-state index contributed by atoms with van der Waals surface area (Å²) < 4.78 is 12.8. The van der Waals surface area contributed by atoms with Gasteiger partial charge in [-0.15, -0.1) is 0 Å². The lowest BCUT2D eigenvalue weighted by atomic mass is 10.2. The second kappa shape index (κ2) is 6.58. The number of phenols is 1. The van der Waals surface area contributed by atoms with Gasteiger partial charge in [0.05, 0.1) is 5.02 Å². The molecule has 1 rings (SSSR count). The molecule has 1 N–H and O–H groups in total. The molecule has 0 aromatic heterocycles. The van der Waals surface area contributed by atoms with Crippen LogP contribution in [0.1, 0.15) is 41.5 Å². The van der Waals surface area contributed by atoms with Crippen LogP contribution < -0.4 is 8.85 Å². The van der Waals surface area contributed by atoms with Crippen LogP contribution in [0.15, 0.2) is 12.1 Å². The van der Waals surface area contributed by atoms with Gasteiger partial charge >= 0.3 is 0 Å². The van der Waals surface area contributed by atoms with Gasteiger partial charge in [-0.3, -0.25) is 0 Å². The van der Waals surface area contributed by atoms with Gasteiger partial charge in [0.1, 0.15) is 5.75 Å². The standard InChI is InChI=1S/C18H33ClO3Si2/c1-17(2,3)23(7,8)21-15-12-13(20)11-14(19)16(15)22-24(9,10)18(4,5)6/h11-12,20H,1-10H3. The van der Waals surface area contributed by atoms with Gasteiger partial charge in [-0.05, 0) is 36.3 Å². The zero-order chi connectivity index (χ0) is 19.1. The Bertz CT molecular complexity index is 600. The van der Waals surface area contributed by atoms with Crippen molar-refractivity contribution >= 4 is 28.2 Å². The minimum atomic E-state index is -2.08. The highest BCUT2D eigenvalue weighted by Crippen LogP contribution is 2.47. The smallest absolute Gasteiger partial charge is 0.250 e. The van der Waals surface area contributed by atoms with Crippen molar-refractivity contribution < 1.29 is 14.0 Å². The fourth-order valence-electron chi connectivity index (χ4n) is 1.57. The van der Waals surface area contributed by atoms with Crippen LogP contribution >= 0.6 is 11.6 Å². The van der Waals surface area contributed by atoms with E-state index in [1.54, 1.807) is 6.07 Å². The summed E-state index contributed by atoms with van der Waals surface area (Å²) in [6.45, 7) is 21.8. The van der Waals surface area contributed by atoms with Crippen molar-refractivity contribution in [3.05, 3.63) is 17.2 Å². The average molecular weight is 389 g/mol. The van der Waals surface area contributed by atoms with E-state index in [1.165, 1.54) is 6.07 Å². The maximum Gasteiger partial charge on any atom is 0.250 e. The van der Waals surface area contributed by atoms with Crippen molar-refractivity contribution in [3.63, 3.8) is 0 Å². The van der Waals surface area contributed by atoms with E-state index in [2.05, 4.69) is 67.7 Å². The molecule has 24 heavy (non-hydrogen) atoms. The lowest BCUT2D eigenvalue weighted by Gasteiger charge is -2.40. The highest BCUT2D eigenvalue weighted by atomic mass is 35.5. The first-order valence-corrected chi connectivity index (χ1v) is 14.6. The minimum absolute atomic E-state index is 0.0409. The fourth-order valence-corrected chi connectivity index (χ4v) is 3.91. The van der Waals surface area contributed by atoms with Crippen LogP contribution in [0.25, 0.3) is 0 Å². The first kappa shape index (κ1) is 21.4. The molecule has 0 unspecified atom stereocenters. The quantitative estimate of drug-likeness (QED) is 0.575. The molecule has 0 atom stereocenters. The molecule has 1 aromatic rings. The molecule has 0 aliphatic carbocycles. The fraction of sp³-hybridized carbons (Fsp3) is 0.667. The monoisotopic (exact) mass is 388 g/mol. The summed E-state index contributed by atoms with van der Waals surface area (Å²) in [6, 6.07) is 3.14. The third kappa shape index (κ3) is 4.70. The van der Waals surface area contributed by atoms with Crippen molar-refractivity contribution in [2.24, 2.45) is 0 Å². The summed E-state index contributed by atoms with van der Waals surface area (Å²) in [6.07, 6.45) is 0. The molecular weight excluding hydrogens is 356 g/mol. The molecule has 0 heterocycles. The number of phenolic OH excluding ortho intramolecular Hbond substituents is 1. The number of rotatable bonds is 4. The SMILES string of the molecule is CC(C)(C)[Si](C)(C)Oc1cc(O)cc(Cl)c1O[Si](C)(C)C(C)(C)C. The highest BCUT2D eigenvalue weighted by Gasteiger charge is 2.42. The van der Waals surface area contributed by atoms with E-state index >= 15 is 0 Å². The normalized spacial score (nSPS) is 13.8. The highest BCUT2D eigenvalue weighted by molar-refractivity contribution is 6.75. The summed E-state index contributed by atoms with van der Waals surface area (Å²) in [7, 11) is -4.16. The lowest BCUT2D eigenvalue weighted by molar-refractivity contribution is 0.430. The van der Waals surface area contributed by atoms with Gasteiger partial charge in [0, 0.05) is 12.1 Å². The van der Waals surface area contributed by atoms with Gasteiger partial charge in [0.25, 0.3) is 16.6 Å². The Morgan fingerprint density at radius 3 is 1.67 bits per heavy atom. The van der Waals surface area contributed by atoms with Crippen LogP contribution in [0, 0.1) is 0 Å². The Labute approximate surface area is 154 Å². The lowest BCUT2D eigenvalue weighted by Crippen LogP contribution is -2.45. The van der Waals surface area contributed by atoms with Gasteiger partial charge in [-0.2, -0.15) is 0 Å². The Hall–Kier alpha value is -0.656. The molecule has 0 bridgehead atoms. The van der Waals surface area contributed by atoms with E-state index in [9.17, 15) is 5.11 Å². The van der Waals surface area contributed by atoms with Gasteiger partial charge in [0.2, 0.25) is 0 Å². The van der Waals surface area contributed by atoms with Crippen LogP contribution in [-0.2, 0) is 0 Å². The molecule has 6 heteroatoms. The summed E-state index contributed by atoms with van der Waals surface area (Å²) >= 11 is 6.41. The number of halogens is 1. The topological polar surface area (TPSA) is 38.7 Å². The van der Waals surface area contributed by atoms with Crippen LogP contribution in [0.2, 0.25) is 41.3 Å². The van der Waals surface area contributed by atoms with Gasteiger partial charge in [-0.25, -0.2) is 0 Å². The van der Waals surface area contributed by atoms with E-state index in [-0.39, 0.29) is 15.8 Å². The molecule has 0 spiro atoms. The molecule has 0 amide bonds. The third-order valence-corrected chi connectivity index (χ3v) is 14.3. The van der Waals surface area contributed by atoms with Crippen molar-refractivity contribution in [2.45, 2.75) is 77.8 Å². The first-order valence-electron chi connectivity index (χ1n) is 8.38. The van der Waals surface area contributed by atoms with Crippen LogP contribution in [0.5, 0.6) is 17.2 Å². The van der Waals surface area contributed by atoms with Crippen LogP contribution in [-0.4, -0.2) is 21.7 Å². The predicted molar refractivity (Wildman–Crippen MR) is 109 cm³/mol. The summed E-state index contributed by atoms with van der Waals surface area (Å²) in [5.74, 6) is 1.21. The third-order valence-electron chi connectivity index (χ3n) is 5.33. The van der Waals surface area contributed by atoms with E-state index in [1.807, 2.05) is 0 Å². The van der Waals surface area contributed by atoms with E-state index in [4.69, 9.17) is 20.5 Å². The zero-order valence-corrected chi connectivity index (χ0v) is 19.6. The Kier molecular flexibility index (Phi) is 5.86. The molecule has 0 radical (unpaired) electrons. The molecule has 0 fully saturated rings. The molecule has 1 aromatic carbocycles. The second-order valence-electron chi connectivity index (χ2n) is 9.48. The molecule has 0 saturated carbocycles. The minimum Gasteiger partial charge on any atom is -0.541 e. The Morgan fingerprint density at radius 1 is 0.833 bits per heavy atom. The summed E-state index contributed by atoms with van der Waals surface area (Å²) in [4.78, 5) is 0. The van der Waals surface area contributed by atoms with E-state index in [0.29, 0.717) is 16.5 Å². The number of hydrogen-bond donors (Lipinski definition) is 1. The molecule has 0 aliphatic heterocycles. The number of benzene rings is 1. The zero-order valence-electron chi connectivity index (χ0n) is 16.8. The second-order valence-corrected chi connectivity index (χ2v) is 19.3. The van der Waals surface area contributed by atoms with Crippen LogP contribution in [0.3, 0.4) is 0 Å². The number of hydrogen-bond acceptors (Lipinski definition) is 3. The predicted octanol–water partition coefficient (Wildman–Crippen LogP) is 6.81. The van der Waals surface area contributed by atoms with Crippen molar-refractivity contribution in [2.75, 3.05) is 0 Å². The molecule has 0 aliphatic rings.